The molecule has 25 heavy (non-hydrogen) atoms. The number of aliphatic imine (C=N–C) groups is 1. The molecule has 0 bridgehead atoms. The molecule has 4 nitrogen and oxygen atoms in total. The van der Waals surface area contributed by atoms with Gasteiger partial charge in [0, 0.05) is 49.2 Å². The molecule has 0 amide bonds. The van der Waals surface area contributed by atoms with Gasteiger partial charge in [0.15, 0.2) is 5.96 Å². The Hall–Kier alpha value is -1.26. The van der Waals surface area contributed by atoms with Crippen LogP contribution in [0.2, 0.25) is 5.02 Å². The van der Waals surface area contributed by atoms with Gasteiger partial charge in [-0.2, -0.15) is 0 Å². The number of rotatable bonds is 5. The lowest BCUT2D eigenvalue weighted by molar-refractivity contribution is 0.197. The molecule has 3 fully saturated rings. The van der Waals surface area contributed by atoms with Crippen LogP contribution >= 0.6 is 11.6 Å². The Labute approximate surface area is 156 Å². The van der Waals surface area contributed by atoms with Crippen LogP contribution in [0.1, 0.15) is 44.1 Å². The Kier molecular flexibility index (Phi) is 4.92. The molecule has 2 saturated carbocycles. The van der Waals surface area contributed by atoms with Gasteiger partial charge in [-0.05, 0) is 56.2 Å². The van der Waals surface area contributed by atoms with E-state index in [4.69, 9.17) is 11.6 Å². The van der Waals surface area contributed by atoms with E-state index in [9.17, 15) is 0 Å². The number of halogens is 1. The fraction of sp³-hybridized carbons (Fsp3) is 0.650. The summed E-state index contributed by atoms with van der Waals surface area (Å²) in [5.41, 5.74) is 1.58. The molecular weight excluding hydrogens is 332 g/mol. The largest absolute Gasteiger partial charge is 0.356 e. The highest BCUT2D eigenvalue weighted by molar-refractivity contribution is 6.30. The summed E-state index contributed by atoms with van der Waals surface area (Å²) in [6.45, 7) is 3.38. The third-order valence-electron chi connectivity index (χ3n) is 6.04. The van der Waals surface area contributed by atoms with Crippen LogP contribution in [0, 0.1) is 0 Å². The van der Waals surface area contributed by atoms with E-state index in [0.717, 1.165) is 23.6 Å². The van der Waals surface area contributed by atoms with Crippen molar-refractivity contribution in [3.05, 3.63) is 34.9 Å². The lowest BCUT2D eigenvalue weighted by Crippen LogP contribution is -2.50. The first-order valence-corrected chi connectivity index (χ1v) is 10.0. The van der Waals surface area contributed by atoms with Gasteiger partial charge in [-0.25, -0.2) is 0 Å². The highest BCUT2D eigenvalue weighted by atomic mass is 35.5. The van der Waals surface area contributed by atoms with Crippen LogP contribution in [0.4, 0.5) is 0 Å². The van der Waals surface area contributed by atoms with Crippen molar-refractivity contribution in [2.45, 2.75) is 56.0 Å². The quantitative estimate of drug-likeness (QED) is 0.626. The molecule has 0 radical (unpaired) electrons. The van der Waals surface area contributed by atoms with E-state index in [-0.39, 0.29) is 5.41 Å². The number of hydrogen-bond donors (Lipinski definition) is 2. The molecule has 5 heteroatoms. The molecule has 4 rings (SSSR count). The van der Waals surface area contributed by atoms with E-state index >= 15 is 0 Å². The van der Waals surface area contributed by atoms with E-state index < -0.39 is 0 Å². The summed E-state index contributed by atoms with van der Waals surface area (Å²) in [6.07, 6.45) is 7.70. The van der Waals surface area contributed by atoms with Crippen molar-refractivity contribution in [1.29, 1.82) is 0 Å². The molecule has 1 heterocycles. The van der Waals surface area contributed by atoms with Gasteiger partial charge in [-0.1, -0.05) is 23.7 Å². The van der Waals surface area contributed by atoms with Crippen LogP contribution in [0.15, 0.2) is 29.3 Å². The summed E-state index contributed by atoms with van der Waals surface area (Å²) >= 11 is 6.18. The summed E-state index contributed by atoms with van der Waals surface area (Å²) in [6, 6.07) is 9.75. The van der Waals surface area contributed by atoms with E-state index in [1.165, 1.54) is 57.2 Å². The number of nitrogens with one attached hydrogen (secondary N) is 2. The van der Waals surface area contributed by atoms with Crippen LogP contribution in [-0.4, -0.2) is 49.6 Å². The highest BCUT2D eigenvalue weighted by Crippen LogP contribution is 2.48. The average molecular weight is 361 g/mol. The number of nitrogens with zero attached hydrogens (tertiary/aromatic N) is 2. The van der Waals surface area contributed by atoms with Gasteiger partial charge < -0.3 is 15.5 Å². The number of guanidine groups is 1. The standard InChI is InChI=1S/C20H29ClN4/c1-22-19(24-17-7-11-25(12-8-17)18-5-6-18)23-14-20(9-10-20)15-3-2-4-16(21)13-15/h2-4,13,17-18H,5-12,14H2,1H3,(H2,22,23,24). The third kappa shape index (κ3) is 4.12. The van der Waals surface area contributed by atoms with Crippen LogP contribution in [0.5, 0.6) is 0 Å². The van der Waals surface area contributed by atoms with E-state index in [1.807, 2.05) is 13.1 Å². The zero-order valence-corrected chi connectivity index (χ0v) is 15.9. The maximum absolute atomic E-state index is 6.18. The van der Waals surface area contributed by atoms with Crippen molar-refractivity contribution >= 4 is 17.6 Å². The summed E-state index contributed by atoms with van der Waals surface area (Å²) in [7, 11) is 1.87. The van der Waals surface area contributed by atoms with Gasteiger partial charge in [0.25, 0.3) is 0 Å². The first kappa shape index (κ1) is 17.2. The zero-order chi connectivity index (χ0) is 17.3. The van der Waals surface area contributed by atoms with E-state index in [1.54, 1.807) is 0 Å². The van der Waals surface area contributed by atoms with Crippen LogP contribution < -0.4 is 10.6 Å². The van der Waals surface area contributed by atoms with Gasteiger partial charge in [-0.3, -0.25) is 4.99 Å². The zero-order valence-electron chi connectivity index (χ0n) is 15.1. The Morgan fingerprint density at radius 1 is 1.24 bits per heavy atom. The second-order valence-corrected chi connectivity index (χ2v) is 8.34. The molecule has 2 N–H and O–H groups in total. The minimum atomic E-state index is 0.234. The van der Waals surface area contributed by atoms with E-state index in [2.05, 4.69) is 38.7 Å². The summed E-state index contributed by atoms with van der Waals surface area (Å²) in [5.74, 6) is 0.943. The van der Waals surface area contributed by atoms with Gasteiger partial charge >= 0.3 is 0 Å². The predicted molar refractivity (Wildman–Crippen MR) is 104 cm³/mol. The van der Waals surface area contributed by atoms with Crippen LogP contribution in [0.25, 0.3) is 0 Å². The van der Waals surface area contributed by atoms with Crippen molar-refractivity contribution in [3.8, 4) is 0 Å². The molecule has 0 unspecified atom stereocenters. The number of piperidine rings is 1. The fourth-order valence-corrected chi connectivity index (χ4v) is 4.22. The van der Waals surface area contributed by atoms with Gasteiger partial charge in [0.1, 0.15) is 0 Å². The second kappa shape index (κ2) is 7.16. The van der Waals surface area contributed by atoms with Gasteiger partial charge in [0.05, 0.1) is 0 Å². The monoisotopic (exact) mass is 360 g/mol. The molecule has 1 aromatic rings. The van der Waals surface area contributed by atoms with Crippen molar-refractivity contribution in [3.63, 3.8) is 0 Å². The highest BCUT2D eigenvalue weighted by Gasteiger charge is 2.44. The predicted octanol–water partition coefficient (Wildman–Crippen LogP) is 3.16. The summed E-state index contributed by atoms with van der Waals surface area (Å²) < 4.78 is 0. The smallest absolute Gasteiger partial charge is 0.191 e. The molecule has 136 valence electrons. The van der Waals surface area contributed by atoms with Crippen molar-refractivity contribution in [2.24, 2.45) is 4.99 Å². The third-order valence-corrected chi connectivity index (χ3v) is 6.28. The van der Waals surface area contributed by atoms with Crippen LogP contribution in [0.3, 0.4) is 0 Å². The van der Waals surface area contributed by atoms with E-state index in [0.29, 0.717) is 6.04 Å². The second-order valence-electron chi connectivity index (χ2n) is 7.90. The average Bonchev–Trinajstić information content (AvgIpc) is 3.54. The minimum absolute atomic E-state index is 0.234. The molecule has 1 saturated heterocycles. The lowest BCUT2D eigenvalue weighted by Gasteiger charge is -2.33. The van der Waals surface area contributed by atoms with Crippen molar-refractivity contribution in [2.75, 3.05) is 26.7 Å². The van der Waals surface area contributed by atoms with Crippen molar-refractivity contribution < 1.29 is 0 Å². The van der Waals surface area contributed by atoms with Crippen molar-refractivity contribution in [1.82, 2.24) is 15.5 Å². The number of benzene rings is 1. The SMILES string of the molecule is CN=C(NCC1(c2cccc(Cl)c2)CC1)NC1CCN(C2CC2)CC1. The van der Waals surface area contributed by atoms with Crippen LogP contribution in [-0.2, 0) is 5.41 Å². The minimum Gasteiger partial charge on any atom is -0.356 e. The molecule has 3 aliphatic rings. The van der Waals surface area contributed by atoms with Gasteiger partial charge in [0.2, 0.25) is 0 Å². The Morgan fingerprint density at radius 3 is 2.60 bits per heavy atom. The molecule has 1 aromatic carbocycles. The Balaban J connectivity index is 1.28. The number of hydrogen-bond acceptors (Lipinski definition) is 2. The molecule has 0 aromatic heterocycles. The van der Waals surface area contributed by atoms with Gasteiger partial charge in [-0.15, -0.1) is 0 Å². The normalized spacial score (nSPS) is 24.2. The Morgan fingerprint density at radius 2 is 2.00 bits per heavy atom. The Bertz CT molecular complexity index is 628. The first-order chi connectivity index (χ1) is 12.2. The molecular formula is C20H29ClN4. The lowest BCUT2D eigenvalue weighted by atomic mass is 9.96. The fourth-order valence-electron chi connectivity index (χ4n) is 4.03. The molecule has 0 atom stereocenters. The summed E-state index contributed by atoms with van der Waals surface area (Å²) in [5, 5.41) is 8.03. The first-order valence-electron chi connectivity index (χ1n) is 9.66. The summed E-state index contributed by atoms with van der Waals surface area (Å²) in [4.78, 5) is 7.10. The maximum atomic E-state index is 6.18. The molecule has 2 aliphatic carbocycles. The number of likely N-dealkylation sites (tertiary alicyclic amines) is 1. The molecule has 0 spiro atoms. The molecule has 1 aliphatic heterocycles. The topological polar surface area (TPSA) is 39.7 Å². The maximum Gasteiger partial charge on any atom is 0.191 e.